The van der Waals surface area contributed by atoms with Gasteiger partial charge in [0.1, 0.15) is 6.04 Å². The summed E-state index contributed by atoms with van der Waals surface area (Å²) in [6.07, 6.45) is 0.556. The molecule has 19 heavy (non-hydrogen) atoms. The Morgan fingerprint density at radius 3 is 2.68 bits per heavy atom. The maximum atomic E-state index is 11.8. The molecule has 0 aliphatic carbocycles. The zero-order chi connectivity index (χ0) is 13.6. The van der Waals surface area contributed by atoms with Gasteiger partial charge < -0.3 is 9.88 Å². The number of hydrogen-bond acceptors (Lipinski definition) is 3. The molecule has 6 nitrogen and oxygen atoms in total. The highest BCUT2D eigenvalue weighted by molar-refractivity contribution is 7.89. The van der Waals surface area contributed by atoms with E-state index in [1.54, 1.807) is 18.2 Å². The molecule has 1 atom stereocenters. The number of rotatable bonds is 2. The van der Waals surface area contributed by atoms with E-state index in [-0.39, 0.29) is 10.9 Å². The zero-order valence-corrected chi connectivity index (χ0v) is 10.9. The number of hydrogen-bond donors (Lipinski definition) is 2. The summed E-state index contributed by atoms with van der Waals surface area (Å²) in [6, 6.07) is 8.19. The molecule has 2 heterocycles. The lowest BCUT2D eigenvalue weighted by atomic mass is 10.2. The van der Waals surface area contributed by atoms with Gasteiger partial charge in [0.2, 0.25) is 5.91 Å². The molecule has 1 aliphatic heterocycles. The summed E-state index contributed by atoms with van der Waals surface area (Å²) < 4.78 is 24.9. The van der Waals surface area contributed by atoms with E-state index < -0.39 is 16.1 Å². The molecule has 1 aromatic carbocycles. The van der Waals surface area contributed by atoms with E-state index in [9.17, 15) is 13.2 Å². The zero-order valence-electron chi connectivity index (χ0n) is 10.0. The van der Waals surface area contributed by atoms with Crippen molar-refractivity contribution in [3.63, 3.8) is 0 Å². The molecule has 2 aromatic rings. The lowest BCUT2D eigenvalue weighted by Gasteiger charge is -2.14. The maximum absolute atomic E-state index is 11.8. The van der Waals surface area contributed by atoms with Crippen LogP contribution in [0.4, 0.5) is 0 Å². The number of sulfonamides is 1. The first-order valence-electron chi connectivity index (χ1n) is 5.89. The van der Waals surface area contributed by atoms with Crippen molar-refractivity contribution in [2.45, 2.75) is 17.5 Å². The van der Waals surface area contributed by atoms with Crippen LogP contribution in [0.15, 0.2) is 35.4 Å². The van der Waals surface area contributed by atoms with Gasteiger partial charge in [0, 0.05) is 17.4 Å². The summed E-state index contributed by atoms with van der Waals surface area (Å²) in [6.45, 7) is 0.542. The van der Waals surface area contributed by atoms with Gasteiger partial charge >= 0.3 is 0 Å². The number of para-hydroxylation sites is 1. The van der Waals surface area contributed by atoms with Gasteiger partial charge in [-0.3, -0.25) is 4.79 Å². The largest absolute Gasteiger partial charge is 0.354 e. The Balaban J connectivity index is 2.34. The smallest absolute Gasteiger partial charge is 0.253 e. The highest BCUT2D eigenvalue weighted by atomic mass is 32.2. The summed E-state index contributed by atoms with van der Waals surface area (Å²) in [5.74, 6) is -0.175. The first-order chi connectivity index (χ1) is 8.98. The predicted molar refractivity (Wildman–Crippen MR) is 70.0 cm³/mol. The number of nitrogens with one attached hydrogen (secondary N) is 1. The number of primary sulfonamides is 1. The standard InChI is InChI=1S/C12H13N3O3S/c13-19(17,18)11-7-8-3-1-2-4-9(8)15(11)10-5-6-14-12(10)16/h1-4,7,10H,5-6H2,(H,14,16)(H2,13,17,18). The molecule has 0 bridgehead atoms. The number of benzene rings is 1. The van der Waals surface area contributed by atoms with E-state index in [4.69, 9.17) is 5.14 Å². The van der Waals surface area contributed by atoms with Crippen molar-refractivity contribution in [1.29, 1.82) is 0 Å². The lowest BCUT2D eigenvalue weighted by molar-refractivity contribution is -0.121. The number of nitrogens with zero attached hydrogens (tertiary/aromatic N) is 1. The molecule has 1 saturated heterocycles. The van der Waals surface area contributed by atoms with E-state index in [0.717, 1.165) is 5.39 Å². The molecule has 3 N–H and O–H groups in total. The molecule has 0 radical (unpaired) electrons. The van der Waals surface area contributed by atoms with Crippen LogP contribution in [0.2, 0.25) is 0 Å². The van der Waals surface area contributed by atoms with Gasteiger partial charge in [0.15, 0.2) is 5.03 Å². The SMILES string of the molecule is NS(=O)(=O)c1cc2ccccc2n1C1CCNC1=O. The van der Waals surface area contributed by atoms with E-state index in [0.29, 0.717) is 18.5 Å². The summed E-state index contributed by atoms with van der Waals surface area (Å²) in [4.78, 5) is 11.8. The first kappa shape index (κ1) is 12.2. The van der Waals surface area contributed by atoms with Crippen molar-refractivity contribution in [1.82, 2.24) is 9.88 Å². The van der Waals surface area contributed by atoms with Crippen LogP contribution in [0.5, 0.6) is 0 Å². The van der Waals surface area contributed by atoms with Crippen molar-refractivity contribution >= 4 is 26.8 Å². The topological polar surface area (TPSA) is 94.2 Å². The molecule has 7 heteroatoms. The number of nitrogens with two attached hydrogens (primary N) is 1. The Morgan fingerprint density at radius 1 is 1.32 bits per heavy atom. The van der Waals surface area contributed by atoms with Crippen LogP contribution in [0, 0.1) is 0 Å². The monoisotopic (exact) mass is 279 g/mol. The van der Waals surface area contributed by atoms with Gasteiger partial charge in [-0.15, -0.1) is 0 Å². The second kappa shape index (κ2) is 4.07. The Kier molecular flexibility index (Phi) is 2.61. The summed E-state index contributed by atoms with van der Waals surface area (Å²) >= 11 is 0. The minimum Gasteiger partial charge on any atom is -0.354 e. The first-order valence-corrected chi connectivity index (χ1v) is 7.43. The van der Waals surface area contributed by atoms with Gasteiger partial charge in [-0.25, -0.2) is 13.6 Å². The van der Waals surface area contributed by atoms with Gasteiger partial charge in [-0.1, -0.05) is 18.2 Å². The maximum Gasteiger partial charge on any atom is 0.253 e. The third-order valence-electron chi connectivity index (χ3n) is 3.34. The van der Waals surface area contributed by atoms with Crippen LogP contribution in [-0.2, 0) is 14.8 Å². The van der Waals surface area contributed by atoms with Crippen LogP contribution < -0.4 is 10.5 Å². The van der Waals surface area contributed by atoms with Crippen LogP contribution >= 0.6 is 0 Å². The fraction of sp³-hybridized carbons (Fsp3) is 0.250. The molecular weight excluding hydrogens is 266 g/mol. The Morgan fingerprint density at radius 2 is 2.05 bits per heavy atom. The highest BCUT2D eigenvalue weighted by Crippen LogP contribution is 2.29. The molecule has 0 saturated carbocycles. The van der Waals surface area contributed by atoms with Crippen molar-refractivity contribution in [2.75, 3.05) is 6.54 Å². The fourth-order valence-corrected chi connectivity index (χ4v) is 3.31. The third kappa shape index (κ3) is 1.91. The average Bonchev–Trinajstić information content (AvgIpc) is 2.91. The van der Waals surface area contributed by atoms with Gasteiger partial charge in [0.25, 0.3) is 10.0 Å². The molecule has 3 rings (SSSR count). The van der Waals surface area contributed by atoms with E-state index in [2.05, 4.69) is 5.32 Å². The molecular formula is C12H13N3O3S. The molecule has 1 aliphatic rings. The normalized spacial score (nSPS) is 19.8. The van der Waals surface area contributed by atoms with E-state index in [1.165, 1.54) is 10.6 Å². The summed E-state index contributed by atoms with van der Waals surface area (Å²) in [7, 11) is -3.87. The number of amides is 1. The molecule has 0 spiro atoms. The lowest BCUT2D eigenvalue weighted by Crippen LogP contribution is -2.25. The Bertz CT molecular complexity index is 764. The quantitative estimate of drug-likeness (QED) is 0.830. The highest BCUT2D eigenvalue weighted by Gasteiger charge is 2.31. The fourth-order valence-electron chi connectivity index (χ4n) is 2.52. The summed E-state index contributed by atoms with van der Waals surface area (Å²) in [5.41, 5.74) is 0.702. The van der Waals surface area contributed by atoms with Crippen molar-refractivity contribution < 1.29 is 13.2 Å². The van der Waals surface area contributed by atoms with Gasteiger partial charge in [0.05, 0.1) is 0 Å². The van der Waals surface area contributed by atoms with Gasteiger partial charge in [-0.05, 0) is 18.6 Å². The molecule has 1 amide bonds. The third-order valence-corrected chi connectivity index (χ3v) is 4.23. The van der Waals surface area contributed by atoms with Crippen molar-refractivity contribution in [3.8, 4) is 0 Å². The average molecular weight is 279 g/mol. The van der Waals surface area contributed by atoms with Crippen LogP contribution in [0.25, 0.3) is 10.9 Å². The molecule has 1 aromatic heterocycles. The second-order valence-corrected chi connectivity index (χ2v) is 6.06. The van der Waals surface area contributed by atoms with Crippen molar-refractivity contribution in [3.05, 3.63) is 30.3 Å². The van der Waals surface area contributed by atoms with Gasteiger partial charge in [-0.2, -0.15) is 0 Å². The minimum absolute atomic E-state index is 0.0178. The predicted octanol–water partition coefficient (Wildman–Crippen LogP) is 0.350. The number of carbonyl (C=O) groups excluding carboxylic acids is 1. The molecule has 100 valence electrons. The van der Waals surface area contributed by atoms with E-state index >= 15 is 0 Å². The van der Waals surface area contributed by atoms with Crippen LogP contribution in [-0.4, -0.2) is 25.4 Å². The second-order valence-electron chi connectivity index (χ2n) is 4.55. The number of fused-ring (bicyclic) bond motifs is 1. The van der Waals surface area contributed by atoms with Crippen LogP contribution in [0.1, 0.15) is 12.5 Å². The molecule has 1 fully saturated rings. The number of aromatic nitrogens is 1. The number of carbonyl (C=O) groups is 1. The molecule has 1 unspecified atom stereocenters. The summed E-state index contributed by atoms with van der Waals surface area (Å²) in [5, 5.41) is 8.70. The minimum atomic E-state index is -3.87. The Hall–Kier alpha value is -1.86. The van der Waals surface area contributed by atoms with Crippen molar-refractivity contribution in [2.24, 2.45) is 5.14 Å². The Labute approximate surface area is 110 Å². The van der Waals surface area contributed by atoms with Crippen LogP contribution in [0.3, 0.4) is 0 Å². The van der Waals surface area contributed by atoms with E-state index in [1.807, 2.05) is 6.07 Å².